The number of amides is 2. The van der Waals surface area contributed by atoms with Crippen LogP contribution in [0.5, 0.6) is 0 Å². The van der Waals surface area contributed by atoms with Crippen molar-refractivity contribution in [2.45, 2.75) is 31.8 Å². The minimum atomic E-state index is -0.00130. The molecule has 1 saturated heterocycles. The Bertz CT molecular complexity index is 742. The number of hydrogen-bond acceptors (Lipinski definition) is 2. The first-order chi connectivity index (χ1) is 12.2. The fourth-order valence-corrected chi connectivity index (χ4v) is 3.68. The smallest absolute Gasteiger partial charge is 0.315 e. The Balaban J connectivity index is 1.55. The molecule has 2 aromatic carbocycles. The molecule has 1 aliphatic carbocycles. The first-order valence-electron chi connectivity index (χ1n) is 9.14. The monoisotopic (exact) mass is 335 g/mol. The third kappa shape index (κ3) is 3.54. The molecular weight excluding hydrogens is 310 g/mol. The van der Waals surface area contributed by atoms with Gasteiger partial charge in [-0.05, 0) is 37.0 Å². The number of rotatable bonds is 3. The number of carbonyl (C=O) groups excluding carboxylic acids is 1. The van der Waals surface area contributed by atoms with Crippen LogP contribution in [-0.2, 0) is 0 Å². The van der Waals surface area contributed by atoms with Crippen LogP contribution in [0.15, 0.2) is 54.6 Å². The van der Waals surface area contributed by atoms with Gasteiger partial charge in [0.2, 0.25) is 0 Å². The van der Waals surface area contributed by atoms with E-state index in [0.29, 0.717) is 0 Å². The van der Waals surface area contributed by atoms with Crippen LogP contribution >= 0.6 is 0 Å². The van der Waals surface area contributed by atoms with Gasteiger partial charge in [-0.1, -0.05) is 48.5 Å². The number of urea groups is 1. The molecule has 1 atom stereocenters. The summed E-state index contributed by atoms with van der Waals surface area (Å²) in [6.45, 7) is 4.69. The molecule has 1 heterocycles. The van der Waals surface area contributed by atoms with E-state index >= 15 is 0 Å². The van der Waals surface area contributed by atoms with Crippen molar-refractivity contribution in [1.82, 2.24) is 9.80 Å². The lowest BCUT2D eigenvalue weighted by Crippen LogP contribution is -2.52. The highest BCUT2D eigenvalue weighted by Crippen LogP contribution is 2.33. The number of nitrogens with zero attached hydrogens (tertiary/aromatic N) is 2. The summed E-state index contributed by atoms with van der Waals surface area (Å²) in [6, 6.07) is 19.2. The van der Waals surface area contributed by atoms with Gasteiger partial charge in [0.05, 0.1) is 6.04 Å². The van der Waals surface area contributed by atoms with Crippen LogP contribution in [0.3, 0.4) is 0 Å². The summed E-state index contributed by atoms with van der Waals surface area (Å²) < 4.78 is 0. The molecule has 25 heavy (non-hydrogen) atoms. The zero-order chi connectivity index (χ0) is 17.2. The number of benzene rings is 2. The van der Waals surface area contributed by atoms with Gasteiger partial charge in [-0.25, -0.2) is 4.79 Å². The van der Waals surface area contributed by atoms with Gasteiger partial charge in [-0.2, -0.15) is 0 Å². The molecule has 4 heteroatoms. The SMILES string of the molecule is Cc1ccccc1NC(=O)N1CCN(C2CC2)CC1c1ccccc1. The summed E-state index contributed by atoms with van der Waals surface area (Å²) in [6.07, 6.45) is 2.60. The molecular formula is C21H25N3O. The quantitative estimate of drug-likeness (QED) is 0.918. The fourth-order valence-electron chi connectivity index (χ4n) is 3.68. The highest BCUT2D eigenvalue weighted by Gasteiger charge is 2.37. The van der Waals surface area contributed by atoms with Gasteiger partial charge in [0.15, 0.2) is 0 Å². The van der Waals surface area contributed by atoms with E-state index in [0.717, 1.165) is 36.9 Å². The van der Waals surface area contributed by atoms with E-state index in [9.17, 15) is 4.79 Å². The number of nitrogens with one attached hydrogen (secondary N) is 1. The number of carbonyl (C=O) groups is 1. The van der Waals surface area contributed by atoms with Crippen LogP contribution in [0.2, 0.25) is 0 Å². The predicted molar refractivity (Wildman–Crippen MR) is 101 cm³/mol. The lowest BCUT2D eigenvalue weighted by atomic mass is 10.0. The Kier molecular flexibility index (Phi) is 4.45. The lowest BCUT2D eigenvalue weighted by Gasteiger charge is -2.42. The van der Waals surface area contributed by atoms with Crippen molar-refractivity contribution in [3.63, 3.8) is 0 Å². The highest BCUT2D eigenvalue weighted by atomic mass is 16.2. The molecule has 0 aromatic heterocycles. The van der Waals surface area contributed by atoms with Crippen molar-refractivity contribution in [3.05, 3.63) is 65.7 Å². The standard InChI is InChI=1S/C21H25N3O/c1-16-7-5-6-10-19(16)22-21(25)24-14-13-23(18-11-12-18)15-20(24)17-8-3-2-4-9-17/h2-10,18,20H,11-15H2,1H3,(H,22,25). The molecule has 2 aliphatic rings. The maximum absolute atomic E-state index is 13.0. The van der Waals surface area contributed by atoms with Crippen LogP contribution in [0.1, 0.15) is 30.0 Å². The van der Waals surface area contributed by atoms with Gasteiger partial charge in [-0.3, -0.25) is 4.90 Å². The van der Waals surface area contributed by atoms with E-state index in [1.54, 1.807) is 0 Å². The Morgan fingerprint density at radius 1 is 1.00 bits per heavy atom. The van der Waals surface area contributed by atoms with Crippen molar-refractivity contribution in [2.24, 2.45) is 0 Å². The summed E-state index contributed by atoms with van der Waals surface area (Å²) >= 11 is 0. The highest BCUT2D eigenvalue weighted by molar-refractivity contribution is 5.90. The van der Waals surface area contributed by atoms with E-state index < -0.39 is 0 Å². The van der Waals surface area contributed by atoms with Crippen molar-refractivity contribution in [1.29, 1.82) is 0 Å². The van der Waals surface area contributed by atoms with Crippen LogP contribution in [0.4, 0.5) is 10.5 Å². The third-order valence-corrected chi connectivity index (χ3v) is 5.31. The predicted octanol–water partition coefficient (Wildman–Crippen LogP) is 4.05. The maximum Gasteiger partial charge on any atom is 0.322 e. The van der Waals surface area contributed by atoms with Gasteiger partial charge in [0, 0.05) is 31.4 Å². The molecule has 1 unspecified atom stereocenters. The van der Waals surface area contributed by atoms with Gasteiger partial charge in [0.1, 0.15) is 0 Å². The Morgan fingerprint density at radius 2 is 1.72 bits per heavy atom. The van der Waals surface area contributed by atoms with Gasteiger partial charge in [0.25, 0.3) is 0 Å². The largest absolute Gasteiger partial charge is 0.322 e. The second kappa shape index (κ2) is 6.89. The first kappa shape index (κ1) is 16.2. The molecule has 2 aromatic rings. The van der Waals surface area contributed by atoms with E-state index in [4.69, 9.17) is 0 Å². The molecule has 2 amide bonds. The minimum Gasteiger partial charge on any atom is -0.315 e. The molecule has 0 bridgehead atoms. The van der Waals surface area contributed by atoms with Crippen LogP contribution in [-0.4, -0.2) is 41.5 Å². The summed E-state index contributed by atoms with van der Waals surface area (Å²) in [5, 5.41) is 3.11. The number of piperazine rings is 1. The Hall–Kier alpha value is -2.33. The first-order valence-corrected chi connectivity index (χ1v) is 9.14. The second-order valence-electron chi connectivity index (χ2n) is 7.09. The molecule has 1 N–H and O–H groups in total. The summed E-state index contributed by atoms with van der Waals surface area (Å²) in [7, 11) is 0. The fraction of sp³-hybridized carbons (Fsp3) is 0.381. The lowest BCUT2D eigenvalue weighted by molar-refractivity contribution is 0.0954. The van der Waals surface area contributed by atoms with Crippen LogP contribution in [0.25, 0.3) is 0 Å². The number of hydrogen-bond donors (Lipinski definition) is 1. The average molecular weight is 335 g/mol. The van der Waals surface area contributed by atoms with Crippen LogP contribution in [0, 0.1) is 6.92 Å². The average Bonchev–Trinajstić information content (AvgIpc) is 3.49. The molecule has 130 valence electrons. The summed E-state index contributed by atoms with van der Waals surface area (Å²) in [4.78, 5) is 17.5. The van der Waals surface area contributed by atoms with Gasteiger partial charge in [-0.15, -0.1) is 0 Å². The number of anilines is 1. The van der Waals surface area contributed by atoms with Crippen molar-refractivity contribution in [2.75, 3.05) is 25.0 Å². The Labute approximate surface area is 149 Å². The topological polar surface area (TPSA) is 35.6 Å². The number of aryl methyl sites for hydroxylation is 1. The van der Waals surface area contributed by atoms with Crippen molar-refractivity contribution < 1.29 is 4.79 Å². The zero-order valence-corrected chi connectivity index (χ0v) is 14.7. The van der Waals surface area contributed by atoms with Gasteiger partial charge >= 0.3 is 6.03 Å². The van der Waals surface area contributed by atoms with E-state index in [1.165, 1.54) is 18.4 Å². The van der Waals surface area contributed by atoms with Crippen LogP contribution < -0.4 is 5.32 Å². The van der Waals surface area contributed by atoms with Gasteiger partial charge < -0.3 is 10.2 Å². The third-order valence-electron chi connectivity index (χ3n) is 5.31. The van der Waals surface area contributed by atoms with E-state index in [-0.39, 0.29) is 12.1 Å². The van der Waals surface area contributed by atoms with E-state index in [2.05, 4.69) is 34.5 Å². The van der Waals surface area contributed by atoms with Crippen molar-refractivity contribution >= 4 is 11.7 Å². The molecule has 4 rings (SSSR count). The van der Waals surface area contributed by atoms with E-state index in [1.807, 2.05) is 42.2 Å². The normalized spacial score (nSPS) is 21.2. The van der Waals surface area contributed by atoms with Crippen molar-refractivity contribution in [3.8, 4) is 0 Å². The second-order valence-corrected chi connectivity index (χ2v) is 7.09. The maximum atomic E-state index is 13.0. The molecule has 1 saturated carbocycles. The summed E-state index contributed by atoms with van der Waals surface area (Å²) in [5.41, 5.74) is 3.19. The zero-order valence-electron chi connectivity index (χ0n) is 14.7. The summed E-state index contributed by atoms with van der Waals surface area (Å²) in [5.74, 6) is 0. The molecule has 4 nitrogen and oxygen atoms in total. The molecule has 0 radical (unpaired) electrons. The molecule has 1 aliphatic heterocycles. The Morgan fingerprint density at radius 3 is 2.44 bits per heavy atom. The molecule has 0 spiro atoms. The number of para-hydroxylation sites is 1. The minimum absolute atomic E-state index is 0.00130. The molecule has 2 fully saturated rings.